The van der Waals surface area contributed by atoms with Gasteiger partial charge in [-0.3, -0.25) is 4.79 Å². The monoisotopic (exact) mass is 580 g/mol. The molecule has 0 heterocycles. The fraction of sp³-hybridized carbons (Fsp3) is 0.200. The molecule has 0 aliphatic rings. The van der Waals surface area contributed by atoms with Crippen LogP contribution in [0.15, 0.2) is 84.4 Å². The lowest BCUT2D eigenvalue weighted by molar-refractivity contribution is -0.112. The number of amides is 1. The smallest absolute Gasteiger partial charge is 0.266 e. The van der Waals surface area contributed by atoms with Crippen LogP contribution in [0, 0.1) is 32.1 Å². The number of carbonyl (C=O) groups excluding carboxylic acids is 1. The molecule has 1 N–H and O–H groups in total. The molecule has 0 saturated heterocycles. The molecular formula is C35H33ClN2O4. The summed E-state index contributed by atoms with van der Waals surface area (Å²) in [6.07, 6.45) is 1.47. The fourth-order valence-corrected chi connectivity index (χ4v) is 4.40. The van der Waals surface area contributed by atoms with Gasteiger partial charge in [0.2, 0.25) is 0 Å². The molecule has 0 atom stereocenters. The zero-order chi connectivity index (χ0) is 30.1. The highest BCUT2D eigenvalue weighted by Crippen LogP contribution is 2.38. The zero-order valence-electron chi connectivity index (χ0n) is 24.2. The van der Waals surface area contributed by atoms with E-state index in [1.54, 1.807) is 36.4 Å². The Morgan fingerprint density at radius 1 is 0.857 bits per heavy atom. The first-order valence-corrected chi connectivity index (χ1v) is 14.0. The van der Waals surface area contributed by atoms with Crippen molar-refractivity contribution in [3.8, 4) is 23.3 Å². The van der Waals surface area contributed by atoms with Gasteiger partial charge in [-0.2, -0.15) is 5.26 Å². The number of nitrogens with one attached hydrogen (secondary N) is 1. The van der Waals surface area contributed by atoms with Gasteiger partial charge in [-0.25, -0.2) is 0 Å². The maximum atomic E-state index is 12.9. The minimum absolute atomic E-state index is 0.0861. The Balaban J connectivity index is 1.44. The molecule has 7 heteroatoms. The number of aryl methyl sites for hydroxylation is 3. The Hall–Kier alpha value is -4.73. The number of carbonyl (C=O) groups is 1. The lowest BCUT2D eigenvalue weighted by Crippen LogP contribution is -2.13. The molecule has 0 saturated carbocycles. The van der Waals surface area contributed by atoms with Gasteiger partial charge in [-0.15, -0.1) is 0 Å². The van der Waals surface area contributed by atoms with Crippen LogP contribution in [-0.2, 0) is 18.0 Å². The summed E-state index contributed by atoms with van der Waals surface area (Å²) in [7, 11) is 0. The summed E-state index contributed by atoms with van der Waals surface area (Å²) >= 11 is 6.59. The molecule has 4 rings (SSSR count). The number of halogens is 1. The van der Waals surface area contributed by atoms with E-state index in [9.17, 15) is 10.1 Å². The van der Waals surface area contributed by atoms with Gasteiger partial charge in [0.25, 0.3) is 5.91 Å². The van der Waals surface area contributed by atoms with Gasteiger partial charge in [0.15, 0.2) is 11.5 Å². The first-order chi connectivity index (χ1) is 20.2. The van der Waals surface area contributed by atoms with Crippen molar-refractivity contribution in [2.75, 3.05) is 11.9 Å². The summed E-state index contributed by atoms with van der Waals surface area (Å²) < 4.78 is 17.7. The van der Waals surface area contributed by atoms with Crippen LogP contribution in [-0.4, -0.2) is 12.5 Å². The van der Waals surface area contributed by atoms with Gasteiger partial charge in [-0.05, 0) is 98.0 Å². The average Bonchev–Trinajstić information content (AvgIpc) is 2.98. The summed E-state index contributed by atoms with van der Waals surface area (Å²) in [5.74, 6) is 0.957. The number of benzene rings is 4. The van der Waals surface area contributed by atoms with Crippen molar-refractivity contribution in [2.24, 2.45) is 0 Å². The first kappa shape index (κ1) is 30.2. The van der Waals surface area contributed by atoms with Crippen LogP contribution < -0.4 is 19.5 Å². The predicted octanol–water partition coefficient (Wildman–Crippen LogP) is 8.37. The van der Waals surface area contributed by atoms with E-state index in [4.69, 9.17) is 25.8 Å². The SMILES string of the molecule is CCOc1cc(/C=C(\C#N)C(=O)Nc2ccc(OCc3ccc(C)cc3)cc2)cc(Cl)c1OCc1ccc(C)c(C)c1. The Bertz CT molecular complexity index is 1620. The molecule has 0 bridgehead atoms. The third-order valence-corrected chi connectivity index (χ3v) is 6.88. The van der Waals surface area contributed by atoms with Crippen molar-refractivity contribution >= 4 is 29.3 Å². The topological polar surface area (TPSA) is 80.6 Å². The van der Waals surface area contributed by atoms with E-state index >= 15 is 0 Å². The lowest BCUT2D eigenvalue weighted by atomic mass is 10.1. The van der Waals surface area contributed by atoms with Crippen LogP contribution in [0.1, 0.15) is 40.3 Å². The summed E-state index contributed by atoms with van der Waals surface area (Å²) in [5.41, 5.74) is 6.64. The Morgan fingerprint density at radius 2 is 1.55 bits per heavy atom. The van der Waals surface area contributed by atoms with Crippen molar-refractivity contribution in [2.45, 2.75) is 40.9 Å². The van der Waals surface area contributed by atoms with E-state index in [1.807, 2.05) is 50.2 Å². The van der Waals surface area contributed by atoms with E-state index < -0.39 is 5.91 Å². The van der Waals surface area contributed by atoms with Crippen LogP contribution in [0.5, 0.6) is 17.2 Å². The summed E-state index contributed by atoms with van der Waals surface area (Å²) in [6, 6.07) is 26.6. The fourth-order valence-electron chi connectivity index (χ4n) is 4.12. The molecule has 214 valence electrons. The van der Waals surface area contributed by atoms with Crippen molar-refractivity contribution < 1.29 is 19.0 Å². The number of hydrogen-bond donors (Lipinski definition) is 1. The van der Waals surface area contributed by atoms with Crippen molar-refractivity contribution in [1.29, 1.82) is 5.26 Å². The maximum absolute atomic E-state index is 12.9. The minimum atomic E-state index is -0.546. The number of rotatable bonds is 11. The quantitative estimate of drug-likeness (QED) is 0.142. The Kier molecular flexibility index (Phi) is 10.3. The van der Waals surface area contributed by atoms with Crippen LogP contribution in [0.3, 0.4) is 0 Å². The normalized spacial score (nSPS) is 11.0. The second-order valence-corrected chi connectivity index (χ2v) is 10.3. The van der Waals surface area contributed by atoms with Gasteiger partial charge in [0.05, 0.1) is 11.6 Å². The van der Waals surface area contributed by atoms with Crippen LogP contribution in [0.25, 0.3) is 6.08 Å². The van der Waals surface area contributed by atoms with Gasteiger partial charge < -0.3 is 19.5 Å². The molecule has 0 aliphatic carbocycles. The van der Waals surface area contributed by atoms with Crippen LogP contribution in [0.4, 0.5) is 5.69 Å². The van der Waals surface area contributed by atoms with Gasteiger partial charge in [-0.1, -0.05) is 59.6 Å². The number of ether oxygens (including phenoxy) is 3. The van der Waals surface area contributed by atoms with Crippen LogP contribution in [0.2, 0.25) is 5.02 Å². The maximum Gasteiger partial charge on any atom is 0.266 e. The highest BCUT2D eigenvalue weighted by atomic mass is 35.5. The summed E-state index contributed by atoms with van der Waals surface area (Å²) in [4.78, 5) is 12.9. The van der Waals surface area contributed by atoms with Crippen molar-refractivity contribution in [3.05, 3.63) is 123 Å². The highest BCUT2D eigenvalue weighted by Gasteiger charge is 2.15. The predicted molar refractivity (Wildman–Crippen MR) is 167 cm³/mol. The zero-order valence-corrected chi connectivity index (χ0v) is 24.9. The minimum Gasteiger partial charge on any atom is -0.490 e. The number of nitrogens with zero attached hydrogens (tertiary/aromatic N) is 1. The Morgan fingerprint density at radius 3 is 2.21 bits per heavy atom. The molecule has 1 amide bonds. The second kappa shape index (κ2) is 14.2. The second-order valence-electron chi connectivity index (χ2n) is 9.89. The molecule has 0 radical (unpaired) electrons. The van der Waals surface area contributed by atoms with E-state index in [2.05, 4.69) is 31.3 Å². The molecule has 0 fully saturated rings. The molecule has 0 unspecified atom stereocenters. The van der Waals surface area contributed by atoms with Crippen molar-refractivity contribution in [1.82, 2.24) is 0 Å². The number of anilines is 1. The number of nitriles is 1. The molecule has 42 heavy (non-hydrogen) atoms. The van der Waals surface area contributed by atoms with E-state index in [0.717, 1.165) is 11.1 Å². The highest BCUT2D eigenvalue weighted by molar-refractivity contribution is 6.32. The van der Waals surface area contributed by atoms with Crippen molar-refractivity contribution in [3.63, 3.8) is 0 Å². The molecule has 0 aliphatic heterocycles. The lowest BCUT2D eigenvalue weighted by Gasteiger charge is -2.15. The van der Waals surface area contributed by atoms with E-state index in [-0.39, 0.29) is 5.57 Å². The third-order valence-electron chi connectivity index (χ3n) is 6.60. The van der Waals surface area contributed by atoms with E-state index in [0.29, 0.717) is 53.3 Å². The molecule has 4 aromatic rings. The third kappa shape index (κ3) is 8.15. The first-order valence-electron chi connectivity index (χ1n) is 13.6. The molecular weight excluding hydrogens is 548 g/mol. The average molecular weight is 581 g/mol. The van der Waals surface area contributed by atoms with Gasteiger partial charge >= 0.3 is 0 Å². The number of hydrogen-bond acceptors (Lipinski definition) is 5. The van der Waals surface area contributed by atoms with Crippen LogP contribution >= 0.6 is 11.6 Å². The molecule has 0 spiro atoms. The molecule has 0 aromatic heterocycles. The molecule has 4 aromatic carbocycles. The Labute approximate surface area is 252 Å². The summed E-state index contributed by atoms with van der Waals surface area (Å²) in [6.45, 7) is 9.16. The molecule has 6 nitrogen and oxygen atoms in total. The summed E-state index contributed by atoms with van der Waals surface area (Å²) in [5, 5.41) is 12.8. The standard InChI is InChI=1S/C35H33ClN2O4/c1-5-40-33-19-28(18-32(36)34(33)42-22-27-11-8-24(3)25(4)16-27)17-29(20-37)35(39)38-30-12-14-31(15-13-30)41-21-26-9-6-23(2)7-10-26/h6-19H,5,21-22H2,1-4H3,(H,38,39)/b29-17+. The van der Waals surface area contributed by atoms with Gasteiger partial charge in [0.1, 0.15) is 30.6 Å². The van der Waals surface area contributed by atoms with E-state index in [1.165, 1.54) is 22.8 Å². The van der Waals surface area contributed by atoms with Gasteiger partial charge in [0, 0.05) is 5.69 Å². The largest absolute Gasteiger partial charge is 0.490 e.